The van der Waals surface area contributed by atoms with E-state index >= 15 is 0 Å². The third kappa shape index (κ3) is 4.25. The first-order chi connectivity index (χ1) is 8.64. The molecule has 2 atom stereocenters. The lowest BCUT2D eigenvalue weighted by molar-refractivity contribution is -0.165. The van der Waals surface area contributed by atoms with Crippen molar-refractivity contribution in [2.75, 3.05) is 26.3 Å². The van der Waals surface area contributed by atoms with Crippen molar-refractivity contribution in [3.8, 4) is 0 Å². The van der Waals surface area contributed by atoms with Crippen LogP contribution in [0, 0.1) is 5.41 Å². The van der Waals surface area contributed by atoms with E-state index < -0.39 is 0 Å². The van der Waals surface area contributed by atoms with Crippen LogP contribution in [0.3, 0.4) is 0 Å². The Hall–Kier alpha value is -0.610. The summed E-state index contributed by atoms with van der Waals surface area (Å²) in [6, 6.07) is 0. The van der Waals surface area contributed by atoms with Gasteiger partial charge in [-0.3, -0.25) is 4.79 Å². The second kappa shape index (κ2) is 7.74. The molecule has 4 heteroatoms. The molecule has 106 valence electrons. The molecule has 1 rings (SSSR count). The number of hydrogen-bond acceptors (Lipinski definition) is 4. The second-order valence-electron chi connectivity index (χ2n) is 5.19. The molecule has 2 unspecified atom stereocenters. The van der Waals surface area contributed by atoms with E-state index in [4.69, 9.17) is 9.47 Å². The Bertz CT molecular complexity index is 244. The molecule has 1 aliphatic rings. The molecule has 0 amide bonds. The molecule has 1 N–H and O–H groups in total. The second-order valence-corrected chi connectivity index (χ2v) is 5.19. The first kappa shape index (κ1) is 15.4. The summed E-state index contributed by atoms with van der Waals surface area (Å²) in [5, 5.41) is 3.33. The number of carbonyl (C=O) groups is 1. The normalized spacial score (nSPS) is 25.7. The van der Waals surface area contributed by atoms with Gasteiger partial charge in [-0.15, -0.1) is 0 Å². The van der Waals surface area contributed by atoms with Gasteiger partial charge in [0.2, 0.25) is 0 Å². The van der Waals surface area contributed by atoms with Gasteiger partial charge in [0.25, 0.3) is 0 Å². The van der Waals surface area contributed by atoms with Crippen molar-refractivity contribution in [1.82, 2.24) is 5.32 Å². The third-order valence-electron chi connectivity index (χ3n) is 3.50. The zero-order valence-corrected chi connectivity index (χ0v) is 12.0. The summed E-state index contributed by atoms with van der Waals surface area (Å²) in [4.78, 5) is 12.4. The molecule has 0 aliphatic carbocycles. The number of nitrogens with one attached hydrogen (secondary N) is 1. The highest BCUT2D eigenvalue weighted by atomic mass is 16.6. The van der Waals surface area contributed by atoms with Gasteiger partial charge in [0, 0.05) is 13.2 Å². The van der Waals surface area contributed by atoms with Crippen LogP contribution in [0.25, 0.3) is 0 Å². The van der Waals surface area contributed by atoms with Crippen molar-refractivity contribution in [3.05, 3.63) is 0 Å². The number of piperidine rings is 1. The Balaban J connectivity index is 2.53. The van der Waals surface area contributed by atoms with E-state index in [0.29, 0.717) is 13.2 Å². The highest BCUT2D eigenvalue weighted by molar-refractivity contribution is 5.77. The fourth-order valence-corrected chi connectivity index (χ4v) is 2.56. The highest BCUT2D eigenvalue weighted by Gasteiger charge is 2.40. The fourth-order valence-electron chi connectivity index (χ4n) is 2.56. The van der Waals surface area contributed by atoms with Crippen LogP contribution < -0.4 is 5.32 Å². The van der Waals surface area contributed by atoms with E-state index in [-0.39, 0.29) is 17.5 Å². The number of esters is 1. The van der Waals surface area contributed by atoms with Crippen molar-refractivity contribution >= 4 is 5.97 Å². The first-order valence-corrected chi connectivity index (χ1v) is 7.14. The minimum atomic E-state index is -0.312. The van der Waals surface area contributed by atoms with Crippen molar-refractivity contribution in [2.45, 2.75) is 52.6 Å². The molecule has 4 nitrogen and oxygen atoms in total. The van der Waals surface area contributed by atoms with Crippen LogP contribution in [0.2, 0.25) is 0 Å². The lowest BCUT2D eigenvalue weighted by atomic mass is 9.77. The van der Waals surface area contributed by atoms with Crippen molar-refractivity contribution < 1.29 is 14.3 Å². The molecule has 18 heavy (non-hydrogen) atoms. The molecule has 1 saturated heterocycles. The van der Waals surface area contributed by atoms with Gasteiger partial charge in [-0.05, 0) is 39.7 Å². The molecule has 1 aliphatic heterocycles. The smallest absolute Gasteiger partial charge is 0.313 e. The van der Waals surface area contributed by atoms with E-state index in [1.165, 1.54) is 0 Å². The summed E-state index contributed by atoms with van der Waals surface area (Å²) < 4.78 is 10.8. The molecular formula is C14H27NO3. The quantitative estimate of drug-likeness (QED) is 0.710. The van der Waals surface area contributed by atoms with Crippen molar-refractivity contribution in [2.24, 2.45) is 5.41 Å². The molecule has 0 saturated carbocycles. The van der Waals surface area contributed by atoms with Crippen LogP contribution in [0.4, 0.5) is 0 Å². The minimum Gasteiger partial charge on any atom is -0.460 e. The van der Waals surface area contributed by atoms with E-state index in [1.54, 1.807) is 0 Å². The largest absolute Gasteiger partial charge is 0.460 e. The van der Waals surface area contributed by atoms with Crippen LogP contribution in [0.15, 0.2) is 0 Å². The molecule has 0 aromatic heterocycles. The van der Waals surface area contributed by atoms with Gasteiger partial charge in [-0.2, -0.15) is 0 Å². The molecule has 0 aromatic carbocycles. The lowest BCUT2D eigenvalue weighted by Gasteiger charge is -2.36. The Morgan fingerprint density at radius 3 is 2.78 bits per heavy atom. The van der Waals surface area contributed by atoms with Crippen LogP contribution in [0.5, 0.6) is 0 Å². The fraction of sp³-hybridized carbons (Fsp3) is 0.929. The Labute approximate surface area is 110 Å². The zero-order valence-electron chi connectivity index (χ0n) is 12.0. The predicted octanol–water partition coefficient (Wildman–Crippen LogP) is 2.12. The standard InChI is InChI=1S/C14H27NO3/c1-4-7-14(8-6-9-15-11-14)13(16)18-12(3)10-17-5-2/h12,15H,4-11H2,1-3H3. The Morgan fingerprint density at radius 2 is 2.22 bits per heavy atom. The maximum absolute atomic E-state index is 12.4. The zero-order chi connectivity index (χ0) is 13.4. The van der Waals surface area contributed by atoms with Crippen molar-refractivity contribution in [1.29, 1.82) is 0 Å². The van der Waals surface area contributed by atoms with Gasteiger partial charge >= 0.3 is 5.97 Å². The number of carbonyl (C=O) groups excluding carboxylic acids is 1. The lowest BCUT2D eigenvalue weighted by Crippen LogP contribution is -2.47. The van der Waals surface area contributed by atoms with Gasteiger partial charge in [0.15, 0.2) is 0 Å². The van der Waals surface area contributed by atoms with Gasteiger partial charge in [0.1, 0.15) is 6.10 Å². The summed E-state index contributed by atoms with van der Waals surface area (Å²) in [5.41, 5.74) is -0.312. The molecule has 0 aromatic rings. The summed E-state index contributed by atoms with van der Waals surface area (Å²) in [6.07, 6.45) is 3.74. The maximum Gasteiger partial charge on any atom is 0.313 e. The predicted molar refractivity (Wildman–Crippen MR) is 71.5 cm³/mol. The van der Waals surface area contributed by atoms with Gasteiger partial charge < -0.3 is 14.8 Å². The Morgan fingerprint density at radius 1 is 1.44 bits per heavy atom. The summed E-state index contributed by atoms with van der Waals surface area (Å²) in [6.45, 7) is 8.85. The van der Waals surface area contributed by atoms with E-state index in [1.807, 2.05) is 13.8 Å². The maximum atomic E-state index is 12.4. The third-order valence-corrected chi connectivity index (χ3v) is 3.50. The van der Waals surface area contributed by atoms with Crippen molar-refractivity contribution in [3.63, 3.8) is 0 Å². The van der Waals surface area contributed by atoms with Crippen LogP contribution in [0.1, 0.15) is 46.5 Å². The monoisotopic (exact) mass is 257 g/mol. The summed E-state index contributed by atoms with van der Waals surface area (Å²) >= 11 is 0. The molecular weight excluding hydrogens is 230 g/mol. The number of rotatable bonds is 7. The molecule has 0 radical (unpaired) electrons. The molecule has 1 fully saturated rings. The molecule has 0 spiro atoms. The number of ether oxygens (including phenoxy) is 2. The SMILES string of the molecule is CCCC1(C(=O)OC(C)COCC)CCCNC1. The van der Waals surface area contributed by atoms with Crippen LogP contribution >= 0.6 is 0 Å². The van der Waals surface area contributed by atoms with Gasteiger partial charge in [0.05, 0.1) is 12.0 Å². The van der Waals surface area contributed by atoms with Gasteiger partial charge in [-0.1, -0.05) is 13.3 Å². The Kier molecular flexibility index (Phi) is 6.65. The number of hydrogen-bond donors (Lipinski definition) is 1. The molecule has 0 bridgehead atoms. The average molecular weight is 257 g/mol. The van der Waals surface area contributed by atoms with E-state index in [0.717, 1.165) is 38.8 Å². The first-order valence-electron chi connectivity index (χ1n) is 7.14. The van der Waals surface area contributed by atoms with E-state index in [2.05, 4.69) is 12.2 Å². The summed E-state index contributed by atoms with van der Waals surface area (Å²) in [7, 11) is 0. The van der Waals surface area contributed by atoms with Crippen LogP contribution in [-0.4, -0.2) is 38.4 Å². The van der Waals surface area contributed by atoms with Crippen LogP contribution in [-0.2, 0) is 14.3 Å². The highest BCUT2D eigenvalue weighted by Crippen LogP contribution is 2.33. The molecule has 1 heterocycles. The van der Waals surface area contributed by atoms with Gasteiger partial charge in [-0.25, -0.2) is 0 Å². The summed E-state index contributed by atoms with van der Waals surface area (Å²) in [5.74, 6) is -0.0521. The minimum absolute atomic E-state index is 0.0521. The van der Waals surface area contributed by atoms with E-state index in [9.17, 15) is 4.79 Å². The topological polar surface area (TPSA) is 47.6 Å². The average Bonchev–Trinajstić information content (AvgIpc) is 2.37.